The van der Waals surface area contributed by atoms with Gasteiger partial charge in [0.1, 0.15) is 16.3 Å². The van der Waals surface area contributed by atoms with Crippen LogP contribution in [0.15, 0.2) is 24.3 Å². The number of nitrogens with zero attached hydrogens (tertiary/aromatic N) is 1. The molecule has 1 aromatic heterocycles. The zero-order valence-corrected chi connectivity index (χ0v) is 11.4. The van der Waals surface area contributed by atoms with Gasteiger partial charge in [-0.15, -0.1) is 0 Å². The van der Waals surface area contributed by atoms with Crippen LogP contribution in [0, 0.1) is 5.82 Å². The van der Waals surface area contributed by atoms with E-state index < -0.39 is 0 Å². The number of hydrogen-bond donors (Lipinski definition) is 1. The summed E-state index contributed by atoms with van der Waals surface area (Å²) in [6, 6.07) is 6.67. The molecule has 18 heavy (non-hydrogen) atoms. The van der Waals surface area contributed by atoms with Crippen LogP contribution in [0.3, 0.4) is 0 Å². The predicted octanol–water partition coefficient (Wildman–Crippen LogP) is 3.31. The standard InChI is InChI=1S/C14H15FN2S/c1-14(2,3)11-7-9(13(16)18)8-5-4-6-10(15)12(8)17-11/h4-7H,1-3H3,(H2,16,18). The van der Waals surface area contributed by atoms with Gasteiger partial charge in [-0.05, 0) is 12.1 Å². The Hall–Kier alpha value is -1.55. The summed E-state index contributed by atoms with van der Waals surface area (Å²) in [5.41, 5.74) is 7.33. The third-order valence-electron chi connectivity index (χ3n) is 2.82. The van der Waals surface area contributed by atoms with E-state index in [1.54, 1.807) is 12.1 Å². The van der Waals surface area contributed by atoms with E-state index in [0.29, 0.717) is 16.5 Å². The minimum absolute atomic E-state index is 0.185. The zero-order valence-electron chi connectivity index (χ0n) is 10.6. The lowest BCUT2D eigenvalue weighted by atomic mass is 9.90. The lowest BCUT2D eigenvalue weighted by Crippen LogP contribution is -2.17. The molecule has 0 saturated carbocycles. The van der Waals surface area contributed by atoms with Crippen molar-refractivity contribution < 1.29 is 4.39 Å². The Labute approximate surface area is 111 Å². The van der Waals surface area contributed by atoms with Gasteiger partial charge in [0.05, 0.1) is 0 Å². The van der Waals surface area contributed by atoms with Gasteiger partial charge in [0.25, 0.3) is 0 Å². The van der Waals surface area contributed by atoms with Crippen LogP contribution in [-0.2, 0) is 5.41 Å². The quantitative estimate of drug-likeness (QED) is 0.801. The number of para-hydroxylation sites is 1. The monoisotopic (exact) mass is 262 g/mol. The first-order valence-corrected chi connectivity index (χ1v) is 6.11. The second kappa shape index (κ2) is 4.28. The second-order valence-electron chi connectivity index (χ2n) is 5.31. The van der Waals surface area contributed by atoms with E-state index in [-0.39, 0.29) is 16.2 Å². The fourth-order valence-corrected chi connectivity index (χ4v) is 1.97. The van der Waals surface area contributed by atoms with E-state index in [1.807, 2.05) is 26.8 Å². The smallest absolute Gasteiger partial charge is 0.149 e. The van der Waals surface area contributed by atoms with Gasteiger partial charge in [-0.1, -0.05) is 45.1 Å². The topological polar surface area (TPSA) is 38.9 Å². The molecule has 0 aliphatic heterocycles. The highest BCUT2D eigenvalue weighted by molar-refractivity contribution is 7.80. The first kappa shape index (κ1) is 12.9. The molecule has 2 N–H and O–H groups in total. The number of benzene rings is 1. The molecule has 2 nitrogen and oxygen atoms in total. The highest BCUT2D eigenvalue weighted by atomic mass is 32.1. The second-order valence-corrected chi connectivity index (χ2v) is 5.75. The Bertz CT molecular complexity index is 629. The average Bonchev–Trinajstić information content (AvgIpc) is 2.27. The van der Waals surface area contributed by atoms with Crippen molar-refractivity contribution in [2.75, 3.05) is 0 Å². The van der Waals surface area contributed by atoms with Gasteiger partial charge >= 0.3 is 0 Å². The first-order chi connectivity index (χ1) is 8.30. The van der Waals surface area contributed by atoms with Crippen LogP contribution in [0.4, 0.5) is 4.39 Å². The van der Waals surface area contributed by atoms with Crippen molar-refractivity contribution in [1.82, 2.24) is 4.98 Å². The Kier molecular flexibility index (Phi) is 3.07. The number of hydrogen-bond acceptors (Lipinski definition) is 2. The number of thiocarbonyl (C=S) groups is 1. The molecule has 2 rings (SSSR count). The summed E-state index contributed by atoms with van der Waals surface area (Å²) >= 11 is 5.04. The molecule has 0 aliphatic rings. The number of nitrogens with two attached hydrogens (primary N) is 1. The predicted molar refractivity (Wildman–Crippen MR) is 76.3 cm³/mol. The summed E-state index contributed by atoms with van der Waals surface area (Å²) in [5, 5.41) is 0.663. The first-order valence-electron chi connectivity index (χ1n) is 5.70. The molecule has 0 aliphatic carbocycles. The Balaban J connectivity index is 2.88. The molecule has 94 valence electrons. The van der Waals surface area contributed by atoms with Gasteiger partial charge in [-0.25, -0.2) is 9.37 Å². The molecule has 0 bridgehead atoms. The highest BCUT2D eigenvalue weighted by Gasteiger charge is 2.19. The summed E-state index contributed by atoms with van der Waals surface area (Å²) in [7, 11) is 0. The van der Waals surface area contributed by atoms with Crippen molar-refractivity contribution in [2.45, 2.75) is 26.2 Å². The van der Waals surface area contributed by atoms with Crippen molar-refractivity contribution in [2.24, 2.45) is 5.73 Å². The minimum atomic E-state index is -0.351. The minimum Gasteiger partial charge on any atom is -0.389 e. The van der Waals surface area contributed by atoms with Gasteiger partial charge in [0.15, 0.2) is 0 Å². The molecule has 4 heteroatoms. The largest absolute Gasteiger partial charge is 0.389 e. The van der Waals surface area contributed by atoms with Crippen molar-refractivity contribution in [3.63, 3.8) is 0 Å². The molecule has 1 heterocycles. The molecular formula is C14H15FN2S. The molecule has 0 fully saturated rings. The fraction of sp³-hybridized carbons (Fsp3) is 0.286. The van der Waals surface area contributed by atoms with Crippen LogP contribution in [0.5, 0.6) is 0 Å². The van der Waals surface area contributed by atoms with Gasteiger partial charge < -0.3 is 5.73 Å². The molecule has 0 radical (unpaired) electrons. The summed E-state index contributed by atoms with van der Waals surface area (Å²) in [6.45, 7) is 6.06. The van der Waals surface area contributed by atoms with Crippen molar-refractivity contribution in [3.05, 3.63) is 41.3 Å². The molecule has 0 unspecified atom stereocenters. The fourth-order valence-electron chi connectivity index (χ4n) is 1.80. The van der Waals surface area contributed by atoms with Gasteiger partial charge in [0, 0.05) is 22.1 Å². The lowest BCUT2D eigenvalue weighted by Gasteiger charge is -2.19. The Morgan fingerprint density at radius 3 is 2.56 bits per heavy atom. The van der Waals surface area contributed by atoms with Gasteiger partial charge in [-0.2, -0.15) is 0 Å². The van der Waals surface area contributed by atoms with Gasteiger partial charge in [0.2, 0.25) is 0 Å². The van der Waals surface area contributed by atoms with Crippen LogP contribution in [0.1, 0.15) is 32.0 Å². The maximum absolute atomic E-state index is 13.9. The third-order valence-corrected chi connectivity index (χ3v) is 3.04. The normalized spacial score (nSPS) is 11.8. The average molecular weight is 262 g/mol. The molecule has 2 aromatic rings. The number of fused-ring (bicyclic) bond motifs is 1. The molecule has 0 amide bonds. The van der Waals surface area contributed by atoms with Crippen LogP contribution in [0.2, 0.25) is 0 Å². The zero-order chi connectivity index (χ0) is 13.5. The molecule has 0 spiro atoms. The van der Waals surface area contributed by atoms with Crippen molar-refractivity contribution >= 4 is 28.1 Å². The summed E-state index contributed by atoms with van der Waals surface area (Å²) in [4.78, 5) is 4.66. The van der Waals surface area contributed by atoms with E-state index in [2.05, 4.69) is 4.98 Å². The third kappa shape index (κ3) is 2.20. The molecule has 1 aromatic carbocycles. The van der Waals surface area contributed by atoms with E-state index in [9.17, 15) is 4.39 Å². The summed E-state index contributed by atoms with van der Waals surface area (Å²) < 4.78 is 13.9. The molecule has 0 saturated heterocycles. The van der Waals surface area contributed by atoms with E-state index in [4.69, 9.17) is 18.0 Å². The van der Waals surface area contributed by atoms with E-state index >= 15 is 0 Å². The Morgan fingerprint density at radius 1 is 1.33 bits per heavy atom. The SMILES string of the molecule is CC(C)(C)c1cc(C(N)=S)c2cccc(F)c2n1. The number of rotatable bonds is 1. The van der Waals surface area contributed by atoms with Crippen LogP contribution in [0.25, 0.3) is 10.9 Å². The number of pyridine rings is 1. The van der Waals surface area contributed by atoms with Crippen molar-refractivity contribution in [1.29, 1.82) is 0 Å². The molecule has 0 atom stereocenters. The van der Waals surface area contributed by atoms with Crippen LogP contribution < -0.4 is 5.73 Å². The Morgan fingerprint density at radius 2 is 2.00 bits per heavy atom. The van der Waals surface area contributed by atoms with Crippen molar-refractivity contribution in [3.8, 4) is 0 Å². The van der Waals surface area contributed by atoms with E-state index in [1.165, 1.54) is 6.07 Å². The lowest BCUT2D eigenvalue weighted by molar-refractivity contribution is 0.568. The number of aromatic nitrogens is 1. The maximum atomic E-state index is 13.9. The summed E-state index contributed by atoms with van der Waals surface area (Å²) in [5.74, 6) is -0.351. The van der Waals surface area contributed by atoms with Crippen LogP contribution in [-0.4, -0.2) is 9.97 Å². The maximum Gasteiger partial charge on any atom is 0.149 e. The molecular weight excluding hydrogens is 247 g/mol. The number of halogens is 1. The van der Waals surface area contributed by atoms with Crippen LogP contribution >= 0.6 is 12.2 Å². The highest BCUT2D eigenvalue weighted by Crippen LogP contribution is 2.27. The van der Waals surface area contributed by atoms with Gasteiger partial charge in [-0.3, -0.25) is 0 Å². The van der Waals surface area contributed by atoms with E-state index in [0.717, 1.165) is 5.69 Å². The summed E-state index contributed by atoms with van der Waals surface area (Å²) in [6.07, 6.45) is 0.